The van der Waals surface area contributed by atoms with Gasteiger partial charge < -0.3 is 39.4 Å². The Hall–Kier alpha value is -2.89. The van der Waals surface area contributed by atoms with Crippen LogP contribution in [0.1, 0.15) is 168 Å². The molecule has 0 aromatic carbocycles. The van der Waals surface area contributed by atoms with E-state index < -0.39 is 43.4 Å². The fraction of sp³-hybridized carbons (Fsp3) is 0.679. The number of aliphatic hydroxyl groups excluding tert-OH is 4. The van der Waals surface area contributed by atoms with Gasteiger partial charge in [-0.1, -0.05) is 169 Å². The van der Waals surface area contributed by atoms with Crippen LogP contribution in [0.5, 0.6) is 0 Å². The number of hydrogen-bond acceptors (Lipinski definition) is 9. The molecule has 1 rings (SSSR count). The zero-order valence-corrected chi connectivity index (χ0v) is 38.8. The fourth-order valence-electron chi connectivity index (χ4n) is 6.77. The van der Waals surface area contributed by atoms with E-state index in [1.807, 2.05) is 0 Å². The summed E-state index contributed by atoms with van der Waals surface area (Å²) in [7, 11) is 0. The normalized spacial score (nSPS) is 20.6. The fourth-order valence-corrected chi connectivity index (χ4v) is 6.77. The van der Waals surface area contributed by atoms with Gasteiger partial charge >= 0.3 is 5.97 Å². The van der Waals surface area contributed by atoms with Gasteiger partial charge in [0.2, 0.25) is 0 Å². The minimum Gasteiger partial charge on any atom is -0.457 e. The van der Waals surface area contributed by atoms with Crippen molar-refractivity contribution in [3.63, 3.8) is 0 Å². The highest BCUT2D eigenvalue weighted by atomic mass is 16.7. The number of aliphatic hydroxyl groups is 4. The summed E-state index contributed by atoms with van der Waals surface area (Å²) >= 11 is 0. The molecule has 0 radical (unpaired) electrons. The lowest BCUT2D eigenvalue weighted by molar-refractivity contribution is -0.305. The second-order valence-corrected chi connectivity index (χ2v) is 16.1. The van der Waals surface area contributed by atoms with Crippen molar-refractivity contribution in [1.29, 1.82) is 0 Å². The zero-order valence-electron chi connectivity index (χ0n) is 38.8. The minimum absolute atomic E-state index is 0.124. The highest BCUT2D eigenvalue weighted by Crippen LogP contribution is 2.22. The van der Waals surface area contributed by atoms with Crippen LogP contribution in [0, 0.1) is 0 Å². The van der Waals surface area contributed by atoms with E-state index in [2.05, 4.69) is 111 Å². The Kier molecular flexibility index (Phi) is 40.0. The molecule has 9 nitrogen and oxygen atoms in total. The molecule has 1 saturated heterocycles. The van der Waals surface area contributed by atoms with Gasteiger partial charge in [-0.2, -0.15) is 0 Å². The van der Waals surface area contributed by atoms with Crippen LogP contribution in [0.15, 0.2) is 97.2 Å². The summed E-state index contributed by atoms with van der Waals surface area (Å²) in [6.45, 7) is 4.27. The Balaban J connectivity index is 2.26. The molecule has 0 aliphatic carbocycles. The molecule has 1 fully saturated rings. The summed E-state index contributed by atoms with van der Waals surface area (Å²) < 4.78 is 22.8. The van der Waals surface area contributed by atoms with Crippen molar-refractivity contribution in [3.05, 3.63) is 97.2 Å². The molecular weight excluding hydrogens is 781 g/mol. The molecule has 0 aromatic rings. The Morgan fingerprint density at radius 1 is 0.516 bits per heavy atom. The highest BCUT2D eigenvalue weighted by Gasteiger charge is 2.44. The molecular formula is C53H88O9. The molecule has 6 atom stereocenters. The maximum atomic E-state index is 12.8. The third-order valence-electron chi connectivity index (χ3n) is 10.5. The molecule has 0 spiro atoms. The lowest BCUT2D eigenvalue weighted by atomic mass is 9.99. The van der Waals surface area contributed by atoms with Crippen molar-refractivity contribution >= 4 is 5.97 Å². The van der Waals surface area contributed by atoms with Crippen LogP contribution in [0.3, 0.4) is 0 Å². The van der Waals surface area contributed by atoms with Crippen molar-refractivity contribution in [2.45, 2.75) is 205 Å². The number of esters is 1. The summed E-state index contributed by atoms with van der Waals surface area (Å²) in [6, 6.07) is 0. The third kappa shape index (κ3) is 33.6. The van der Waals surface area contributed by atoms with Crippen LogP contribution in [0.4, 0.5) is 0 Å². The average molecular weight is 869 g/mol. The Labute approximate surface area is 377 Å². The van der Waals surface area contributed by atoms with Crippen molar-refractivity contribution in [2.24, 2.45) is 0 Å². The van der Waals surface area contributed by atoms with E-state index in [-0.39, 0.29) is 19.2 Å². The van der Waals surface area contributed by atoms with E-state index in [4.69, 9.17) is 18.9 Å². The minimum atomic E-state index is -1.55. The molecule has 1 heterocycles. The average Bonchev–Trinajstić information content (AvgIpc) is 3.27. The van der Waals surface area contributed by atoms with E-state index in [0.29, 0.717) is 13.0 Å². The molecule has 1 aliphatic heterocycles. The number of carbonyl (C=O) groups is 1. The van der Waals surface area contributed by atoms with Crippen LogP contribution in [0.25, 0.3) is 0 Å². The number of unbranched alkanes of at least 4 members (excludes halogenated alkanes) is 13. The SMILES string of the molecule is CC/C=C\C/C=C\C/C=C\C/C=C\C/C=C\CCCCCCCCOCC(COC1OC(CO)C(O)C(O)C1O)OC(=O)CCCCCCCCC/C=C\C/C=C\C/C=C\CC. The first kappa shape index (κ1) is 57.1. The van der Waals surface area contributed by atoms with Gasteiger partial charge in [-0.15, -0.1) is 0 Å². The Morgan fingerprint density at radius 2 is 0.935 bits per heavy atom. The lowest BCUT2D eigenvalue weighted by Crippen LogP contribution is -2.59. The largest absolute Gasteiger partial charge is 0.457 e. The monoisotopic (exact) mass is 869 g/mol. The number of hydrogen-bond donors (Lipinski definition) is 4. The Bertz CT molecular complexity index is 1260. The van der Waals surface area contributed by atoms with Crippen LogP contribution in [-0.4, -0.2) is 89.6 Å². The van der Waals surface area contributed by atoms with Gasteiger partial charge in [0, 0.05) is 13.0 Å². The molecule has 9 heteroatoms. The molecule has 1 aliphatic rings. The summed E-state index contributed by atoms with van der Waals surface area (Å²) in [4.78, 5) is 12.8. The molecule has 0 bridgehead atoms. The predicted molar refractivity (Wildman–Crippen MR) is 256 cm³/mol. The number of carbonyl (C=O) groups excluding carboxylic acids is 1. The van der Waals surface area contributed by atoms with Gasteiger partial charge in [-0.25, -0.2) is 0 Å². The molecule has 4 N–H and O–H groups in total. The summed E-state index contributed by atoms with van der Waals surface area (Å²) in [5.74, 6) is -0.334. The smallest absolute Gasteiger partial charge is 0.306 e. The molecule has 0 aromatic heterocycles. The van der Waals surface area contributed by atoms with Crippen molar-refractivity contribution in [2.75, 3.05) is 26.4 Å². The summed E-state index contributed by atoms with van der Waals surface area (Å²) in [5.41, 5.74) is 0. The topological polar surface area (TPSA) is 135 Å². The third-order valence-corrected chi connectivity index (χ3v) is 10.5. The van der Waals surface area contributed by atoms with Crippen LogP contribution in [-0.2, 0) is 23.7 Å². The van der Waals surface area contributed by atoms with E-state index in [9.17, 15) is 25.2 Å². The first-order valence-corrected chi connectivity index (χ1v) is 24.3. The molecule has 62 heavy (non-hydrogen) atoms. The van der Waals surface area contributed by atoms with E-state index in [0.717, 1.165) is 109 Å². The maximum Gasteiger partial charge on any atom is 0.306 e. The standard InChI is InChI=1S/C53H88O9/c1-3-5-7-9-11-13-15-17-19-21-22-23-24-25-27-29-31-33-35-37-39-41-43-59-45-47(46-60-53-52(58)51(57)50(56)48(44-54)62-53)61-49(55)42-40-38-36-34-32-30-28-26-20-18-16-14-12-10-8-6-4-2/h5-8,11-14,17-20,22-23,25,27,47-48,50-54,56-58H,3-4,9-10,15-16,21,24,26,28-46H2,1-2H3/b7-5-,8-6-,13-11-,14-12-,19-17-,20-18-,23-22-,27-25-. The van der Waals surface area contributed by atoms with Crippen LogP contribution in [0.2, 0.25) is 0 Å². The van der Waals surface area contributed by atoms with E-state index >= 15 is 0 Å². The van der Waals surface area contributed by atoms with Gasteiger partial charge in [0.05, 0.1) is 19.8 Å². The van der Waals surface area contributed by atoms with Gasteiger partial charge in [0.1, 0.15) is 30.5 Å². The summed E-state index contributed by atoms with van der Waals surface area (Å²) in [6.07, 6.45) is 52.9. The predicted octanol–water partition coefficient (Wildman–Crippen LogP) is 11.6. The van der Waals surface area contributed by atoms with E-state index in [1.165, 1.54) is 38.5 Å². The van der Waals surface area contributed by atoms with Crippen LogP contribution < -0.4 is 0 Å². The first-order chi connectivity index (χ1) is 30.4. The van der Waals surface area contributed by atoms with Gasteiger partial charge in [0.25, 0.3) is 0 Å². The summed E-state index contributed by atoms with van der Waals surface area (Å²) in [5, 5.41) is 40.2. The molecule has 0 saturated carbocycles. The molecule has 354 valence electrons. The van der Waals surface area contributed by atoms with Crippen LogP contribution >= 0.6 is 0 Å². The quantitative estimate of drug-likeness (QED) is 0.0270. The van der Waals surface area contributed by atoms with Crippen molar-refractivity contribution in [1.82, 2.24) is 0 Å². The van der Waals surface area contributed by atoms with Gasteiger partial charge in [0.15, 0.2) is 6.29 Å². The second kappa shape index (κ2) is 43.4. The maximum absolute atomic E-state index is 12.8. The molecule has 6 unspecified atom stereocenters. The zero-order chi connectivity index (χ0) is 45.0. The van der Waals surface area contributed by atoms with Gasteiger partial charge in [-0.05, 0) is 89.9 Å². The van der Waals surface area contributed by atoms with E-state index in [1.54, 1.807) is 0 Å². The molecule has 0 amide bonds. The number of ether oxygens (including phenoxy) is 4. The van der Waals surface area contributed by atoms with Gasteiger partial charge in [-0.3, -0.25) is 4.79 Å². The first-order valence-electron chi connectivity index (χ1n) is 24.3. The lowest BCUT2D eigenvalue weighted by Gasteiger charge is -2.39. The van der Waals surface area contributed by atoms with Crippen molar-refractivity contribution in [3.8, 4) is 0 Å². The van der Waals surface area contributed by atoms with Crippen molar-refractivity contribution < 1.29 is 44.2 Å². The number of allylic oxidation sites excluding steroid dienone is 16. The highest BCUT2D eigenvalue weighted by molar-refractivity contribution is 5.69. The second-order valence-electron chi connectivity index (χ2n) is 16.1. The number of rotatable bonds is 40. The Morgan fingerprint density at radius 3 is 1.40 bits per heavy atom.